The molecule has 0 saturated heterocycles. The number of ketones is 1. The third-order valence-electron chi connectivity index (χ3n) is 8.27. The van der Waals surface area contributed by atoms with Gasteiger partial charge in [-0.2, -0.15) is 0 Å². The van der Waals surface area contributed by atoms with E-state index in [9.17, 15) is 24.3 Å². The Balaban J connectivity index is 3.58. The summed E-state index contributed by atoms with van der Waals surface area (Å²) in [6.45, 7) is 8.60. The van der Waals surface area contributed by atoms with E-state index in [0.717, 1.165) is 19.3 Å². The number of Topliss-reactive ketones (excluding diaryl/α,β-unsaturated/α-hetero) is 1. The fourth-order valence-electron chi connectivity index (χ4n) is 5.33. The van der Waals surface area contributed by atoms with E-state index in [2.05, 4.69) is 22.9 Å². The van der Waals surface area contributed by atoms with Crippen LogP contribution in [0.25, 0.3) is 0 Å². The summed E-state index contributed by atoms with van der Waals surface area (Å²) in [5.41, 5.74) is 0. The monoisotopic (exact) mass is 716 g/mol. The van der Waals surface area contributed by atoms with Crippen molar-refractivity contribution in [1.29, 1.82) is 0 Å². The summed E-state index contributed by atoms with van der Waals surface area (Å²) in [6, 6.07) is -1.08. The van der Waals surface area contributed by atoms with Gasteiger partial charge in [-0.3, -0.25) is 14.4 Å². The molecular weight excluding hydrogens is 642 g/mol. The van der Waals surface area contributed by atoms with Gasteiger partial charge in [-0.15, -0.1) is 0 Å². The Kier molecular flexibility index (Phi) is 36.5. The van der Waals surface area contributed by atoms with Crippen LogP contribution in [0.5, 0.6) is 0 Å². The summed E-state index contributed by atoms with van der Waals surface area (Å²) < 4.78 is 21.4. The highest BCUT2D eigenvalue weighted by atomic mass is 16.5. The molecule has 0 saturated carbocycles. The Morgan fingerprint density at radius 1 is 0.540 bits per heavy atom. The first-order chi connectivity index (χ1) is 24.4. The van der Waals surface area contributed by atoms with E-state index in [1.54, 1.807) is 0 Å². The number of hydrogen-bond donors (Lipinski definition) is 4. The standard InChI is InChI=1S/C38H73N3O9/c1-3-4-5-6-7-8-9-10-11-12-13-14-15-16-17-18-19-20-37(44)41-35(38(45)46)21-22-36(43)40-25-28-49-30-29-47-26-23-39-24-27-48-31-32-50-33-34(2)42/h35,39H,3-33H2,1-2H3,(H,40,43)(H,41,44)(H,45,46)/t35-/m0/s1. The number of carbonyl (C=O) groups excluding carboxylic acids is 3. The minimum atomic E-state index is -1.13. The van der Waals surface area contributed by atoms with Crippen molar-refractivity contribution >= 4 is 23.6 Å². The van der Waals surface area contributed by atoms with Crippen LogP contribution in [-0.4, -0.2) is 107 Å². The van der Waals surface area contributed by atoms with E-state index in [1.165, 1.54) is 96.8 Å². The van der Waals surface area contributed by atoms with Crippen molar-refractivity contribution in [3.05, 3.63) is 0 Å². The zero-order chi connectivity index (χ0) is 36.8. The van der Waals surface area contributed by atoms with Crippen LogP contribution in [0.4, 0.5) is 0 Å². The van der Waals surface area contributed by atoms with Crippen molar-refractivity contribution in [3.8, 4) is 0 Å². The van der Waals surface area contributed by atoms with Crippen LogP contribution in [0, 0.1) is 0 Å². The van der Waals surface area contributed by atoms with Gasteiger partial charge in [0.25, 0.3) is 0 Å². The lowest BCUT2D eigenvalue weighted by atomic mass is 10.0. The van der Waals surface area contributed by atoms with Gasteiger partial charge in [0, 0.05) is 32.5 Å². The summed E-state index contributed by atoms with van der Waals surface area (Å²) in [6.07, 6.45) is 22.0. The van der Waals surface area contributed by atoms with Crippen molar-refractivity contribution in [3.63, 3.8) is 0 Å². The third-order valence-corrected chi connectivity index (χ3v) is 8.27. The van der Waals surface area contributed by atoms with Gasteiger partial charge in [-0.1, -0.05) is 110 Å². The molecule has 0 unspecified atom stereocenters. The van der Waals surface area contributed by atoms with Gasteiger partial charge in [-0.25, -0.2) is 4.79 Å². The first kappa shape index (κ1) is 47.9. The molecule has 0 spiro atoms. The van der Waals surface area contributed by atoms with E-state index in [1.807, 2.05) is 0 Å². The highest BCUT2D eigenvalue weighted by Gasteiger charge is 2.20. The second-order valence-electron chi connectivity index (χ2n) is 13.1. The number of rotatable bonds is 40. The largest absolute Gasteiger partial charge is 0.480 e. The molecule has 12 nitrogen and oxygen atoms in total. The number of carbonyl (C=O) groups is 4. The fraction of sp³-hybridized carbons (Fsp3) is 0.895. The minimum Gasteiger partial charge on any atom is -0.480 e. The summed E-state index contributed by atoms with van der Waals surface area (Å²) in [7, 11) is 0. The van der Waals surface area contributed by atoms with Crippen molar-refractivity contribution in [2.75, 3.05) is 72.5 Å². The average molecular weight is 716 g/mol. The Labute approximate surface area is 303 Å². The van der Waals surface area contributed by atoms with E-state index in [0.29, 0.717) is 72.3 Å². The number of ether oxygens (including phenoxy) is 4. The van der Waals surface area contributed by atoms with Crippen molar-refractivity contribution < 1.29 is 43.2 Å². The number of amides is 2. The van der Waals surface area contributed by atoms with Crippen LogP contribution in [-0.2, 0) is 38.1 Å². The van der Waals surface area contributed by atoms with E-state index in [4.69, 9.17) is 18.9 Å². The van der Waals surface area contributed by atoms with Crippen LogP contribution in [0.3, 0.4) is 0 Å². The van der Waals surface area contributed by atoms with Gasteiger partial charge in [0.05, 0.1) is 46.2 Å². The lowest BCUT2D eigenvalue weighted by Crippen LogP contribution is -2.41. The number of nitrogens with one attached hydrogen (secondary N) is 3. The van der Waals surface area contributed by atoms with Gasteiger partial charge < -0.3 is 40.0 Å². The lowest BCUT2D eigenvalue weighted by Gasteiger charge is -2.14. The maximum atomic E-state index is 12.3. The van der Waals surface area contributed by atoms with Crippen LogP contribution in [0.2, 0.25) is 0 Å². The number of unbranched alkanes of at least 4 members (excludes halogenated alkanes) is 16. The summed E-state index contributed by atoms with van der Waals surface area (Å²) >= 11 is 0. The molecule has 0 rings (SSSR count). The highest BCUT2D eigenvalue weighted by molar-refractivity contribution is 5.84. The number of hydrogen-bond acceptors (Lipinski definition) is 9. The Morgan fingerprint density at radius 3 is 1.44 bits per heavy atom. The molecule has 4 N–H and O–H groups in total. The average Bonchev–Trinajstić information content (AvgIpc) is 3.09. The quantitative estimate of drug-likeness (QED) is 0.0576. The summed E-state index contributed by atoms with van der Waals surface area (Å²) in [5, 5.41) is 18.0. The molecule has 0 fully saturated rings. The van der Waals surface area contributed by atoms with Gasteiger partial charge in [0.15, 0.2) is 5.78 Å². The summed E-state index contributed by atoms with van der Waals surface area (Å²) in [5.74, 6) is -1.69. The first-order valence-corrected chi connectivity index (χ1v) is 19.7. The second-order valence-corrected chi connectivity index (χ2v) is 13.1. The second kappa shape index (κ2) is 38.1. The zero-order valence-corrected chi connectivity index (χ0v) is 31.7. The summed E-state index contributed by atoms with van der Waals surface area (Å²) in [4.78, 5) is 46.8. The van der Waals surface area contributed by atoms with Crippen molar-refractivity contribution in [2.24, 2.45) is 0 Å². The molecule has 0 aromatic rings. The highest BCUT2D eigenvalue weighted by Crippen LogP contribution is 2.14. The fourth-order valence-corrected chi connectivity index (χ4v) is 5.33. The smallest absolute Gasteiger partial charge is 0.326 e. The molecule has 0 aromatic carbocycles. The topological polar surface area (TPSA) is 162 Å². The molecule has 0 aliphatic heterocycles. The van der Waals surface area contributed by atoms with Gasteiger partial charge in [0.1, 0.15) is 12.6 Å². The maximum Gasteiger partial charge on any atom is 0.326 e. The molecule has 50 heavy (non-hydrogen) atoms. The predicted molar refractivity (Wildman–Crippen MR) is 197 cm³/mol. The molecule has 12 heteroatoms. The molecule has 0 heterocycles. The first-order valence-electron chi connectivity index (χ1n) is 19.7. The normalized spacial score (nSPS) is 11.8. The number of aliphatic carboxylic acids is 1. The van der Waals surface area contributed by atoms with Crippen molar-refractivity contribution in [1.82, 2.24) is 16.0 Å². The third kappa shape index (κ3) is 37.1. The van der Waals surface area contributed by atoms with Crippen LogP contribution in [0.15, 0.2) is 0 Å². The molecule has 0 bridgehead atoms. The Bertz CT molecular complexity index is 816. The molecule has 2 amide bonds. The lowest BCUT2D eigenvalue weighted by molar-refractivity contribution is -0.142. The molecular formula is C38H73N3O9. The molecule has 0 radical (unpaired) electrons. The number of carboxylic acid groups (broad SMARTS) is 1. The molecule has 294 valence electrons. The minimum absolute atomic E-state index is 0.00355. The van der Waals surface area contributed by atoms with Crippen LogP contribution >= 0.6 is 0 Å². The molecule has 1 atom stereocenters. The van der Waals surface area contributed by atoms with Gasteiger partial charge in [-0.05, 0) is 19.8 Å². The zero-order valence-electron chi connectivity index (χ0n) is 31.7. The molecule has 0 aliphatic rings. The number of carboxylic acids is 1. The molecule has 0 aliphatic carbocycles. The SMILES string of the molecule is CCCCCCCCCCCCCCCCCCCC(=O)N[C@@H](CCC(=O)NCCOCCOCCNCCOCCOCC(C)=O)C(=O)O. The van der Waals surface area contributed by atoms with Crippen LogP contribution in [0.1, 0.15) is 142 Å². The maximum absolute atomic E-state index is 12.3. The van der Waals surface area contributed by atoms with E-state index < -0.39 is 12.0 Å². The van der Waals surface area contributed by atoms with E-state index >= 15 is 0 Å². The Hall–Kier alpha value is -2.12. The Morgan fingerprint density at radius 2 is 0.980 bits per heavy atom. The van der Waals surface area contributed by atoms with E-state index in [-0.39, 0.29) is 37.0 Å². The van der Waals surface area contributed by atoms with Crippen molar-refractivity contribution in [2.45, 2.75) is 148 Å². The van der Waals surface area contributed by atoms with Crippen LogP contribution < -0.4 is 16.0 Å². The van der Waals surface area contributed by atoms with Gasteiger partial charge in [0.2, 0.25) is 11.8 Å². The molecule has 0 aromatic heterocycles. The van der Waals surface area contributed by atoms with Gasteiger partial charge >= 0.3 is 5.97 Å². The predicted octanol–water partition coefficient (Wildman–Crippen LogP) is 5.74.